The molecule has 2 heterocycles. The zero-order valence-corrected chi connectivity index (χ0v) is 21.5. The Morgan fingerprint density at radius 2 is 1.95 bits per heavy atom. The number of halogens is 1. The van der Waals surface area contributed by atoms with Gasteiger partial charge >= 0.3 is 5.97 Å². The minimum atomic E-state index is -0.901. The number of pyridine rings is 1. The highest BCUT2D eigenvalue weighted by Crippen LogP contribution is 2.41. The van der Waals surface area contributed by atoms with Crippen LogP contribution in [0.4, 0.5) is 4.39 Å². The van der Waals surface area contributed by atoms with Crippen molar-refractivity contribution in [1.29, 1.82) is 0 Å². The van der Waals surface area contributed by atoms with E-state index < -0.39 is 18.0 Å². The van der Waals surface area contributed by atoms with E-state index in [0.29, 0.717) is 49.7 Å². The third-order valence-corrected chi connectivity index (χ3v) is 7.04. The predicted molar refractivity (Wildman–Crippen MR) is 141 cm³/mol. The number of benzene rings is 2. The van der Waals surface area contributed by atoms with Crippen molar-refractivity contribution in [2.45, 2.75) is 45.1 Å². The summed E-state index contributed by atoms with van der Waals surface area (Å²) in [6, 6.07) is 14.3. The summed E-state index contributed by atoms with van der Waals surface area (Å²) in [5.41, 5.74) is 3.99. The first-order chi connectivity index (χ1) is 18.3. The topological polar surface area (TPSA) is 77.9 Å². The number of carboxylic acid groups (broad SMARTS) is 1. The van der Waals surface area contributed by atoms with Gasteiger partial charge in [0, 0.05) is 16.5 Å². The van der Waals surface area contributed by atoms with Crippen molar-refractivity contribution in [3.63, 3.8) is 0 Å². The Morgan fingerprint density at radius 3 is 2.58 bits per heavy atom. The number of hydrogen-bond acceptors (Lipinski definition) is 5. The molecule has 0 spiro atoms. The average molecular weight is 516 g/mol. The van der Waals surface area contributed by atoms with Gasteiger partial charge in [-0.2, -0.15) is 0 Å². The molecule has 0 unspecified atom stereocenters. The molecule has 1 saturated heterocycles. The number of rotatable bonds is 9. The molecule has 7 heteroatoms. The van der Waals surface area contributed by atoms with Crippen LogP contribution in [-0.4, -0.2) is 35.9 Å². The lowest BCUT2D eigenvalue weighted by molar-refractivity contribution is -0.137. The normalized spacial score (nSPS) is 17.9. The smallest absolute Gasteiger partial charge is 0.304 e. The van der Waals surface area contributed by atoms with E-state index >= 15 is 4.39 Å². The van der Waals surface area contributed by atoms with Crippen molar-refractivity contribution in [1.82, 2.24) is 4.98 Å². The molecule has 0 bridgehead atoms. The Balaban J connectivity index is 1.31. The van der Waals surface area contributed by atoms with E-state index in [1.165, 1.54) is 6.07 Å². The highest BCUT2D eigenvalue weighted by Gasteiger charge is 2.34. The van der Waals surface area contributed by atoms with Crippen LogP contribution in [0.5, 0.6) is 11.5 Å². The molecule has 1 aliphatic heterocycles. The van der Waals surface area contributed by atoms with Gasteiger partial charge in [-0.25, -0.2) is 4.39 Å². The lowest BCUT2D eigenvalue weighted by Gasteiger charge is -2.37. The number of carboxylic acids is 1. The molecule has 38 heavy (non-hydrogen) atoms. The molecule has 2 aliphatic rings. The fourth-order valence-corrected chi connectivity index (χ4v) is 4.99. The summed E-state index contributed by atoms with van der Waals surface area (Å²) in [7, 11) is 0. The Hall–Kier alpha value is -3.89. The summed E-state index contributed by atoms with van der Waals surface area (Å²) in [4.78, 5) is 15.8. The van der Waals surface area contributed by atoms with E-state index in [4.69, 9.17) is 14.2 Å². The molecule has 1 fully saturated rings. The fraction of sp³-hybridized carbons (Fsp3) is 0.355. The lowest BCUT2D eigenvalue weighted by atomic mass is 9.90. The molecule has 2 aromatic carbocycles. The molecule has 196 valence electrons. The van der Waals surface area contributed by atoms with Crippen LogP contribution in [0.3, 0.4) is 0 Å². The summed E-state index contributed by atoms with van der Waals surface area (Å²) in [5, 5.41) is 9.18. The van der Waals surface area contributed by atoms with Gasteiger partial charge in [-0.1, -0.05) is 25.0 Å². The highest BCUT2D eigenvalue weighted by atomic mass is 19.1. The minimum absolute atomic E-state index is 0.0512. The molecular weight excluding hydrogens is 485 g/mol. The van der Waals surface area contributed by atoms with Gasteiger partial charge in [0.15, 0.2) is 0 Å². The van der Waals surface area contributed by atoms with Gasteiger partial charge in [0.1, 0.15) is 23.4 Å². The second-order valence-corrected chi connectivity index (χ2v) is 10.2. The zero-order valence-electron chi connectivity index (χ0n) is 21.5. The molecule has 1 aliphatic carbocycles. The zero-order chi connectivity index (χ0) is 26.7. The van der Waals surface area contributed by atoms with Gasteiger partial charge in [-0.05, 0) is 67.3 Å². The Morgan fingerprint density at radius 1 is 1.18 bits per heavy atom. The van der Waals surface area contributed by atoms with Crippen molar-refractivity contribution < 1.29 is 28.5 Å². The number of nitrogens with zero attached hydrogens (tertiary/aromatic N) is 1. The number of hydrogen-bond donors (Lipinski definition) is 1. The van der Waals surface area contributed by atoms with Gasteiger partial charge in [-0.3, -0.25) is 9.78 Å². The predicted octanol–water partition coefficient (Wildman–Crippen LogP) is 5.95. The summed E-state index contributed by atoms with van der Waals surface area (Å²) in [5.74, 6) is 5.45. The Kier molecular flexibility index (Phi) is 7.35. The van der Waals surface area contributed by atoms with Gasteiger partial charge in [0.25, 0.3) is 0 Å². The van der Waals surface area contributed by atoms with Crippen molar-refractivity contribution >= 4 is 5.97 Å². The van der Waals surface area contributed by atoms with Crippen LogP contribution in [-0.2, 0) is 16.0 Å². The summed E-state index contributed by atoms with van der Waals surface area (Å²) in [6.07, 6.45) is 2.54. The number of ether oxygens (including phenoxy) is 3. The molecule has 1 N–H and O–H groups in total. The van der Waals surface area contributed by atoms with E-state index in [1.807, 2.05) is 24.3 Å². The molecular formula is C31H30FNO5. The third-order valence-electron chi connectivity index (χ3n) is 7.04. The largest absolute Gasteiger partial charge is 0.491 e. The maximum Gasteiger partial charge on any atom is 0.304 e. The van der Waals surface area contributed by atoms with Crippen molar-refractivity contribution in [2.24, 2.45) is 5.41 Å². The van der Waals surface area contributed by atoms with Crippen LogP contribution in [0.25, 0.3) is 11.3 Å². The van der Waals surface area contributed by atoms with Crippen LogP contribution in [0, 0.1) is 23.1 Å². The quantitative estimate of drug-likeness (QED) is 0.355. The van der Waals surface area contributed by atoms with E-state index in [0.717, 1.165) is 22.4 Å². The van der Waals surface area contributed by atoms with E-state index in [2.05, 4.69) is 23.7 Å². The van der Waals surface area contributed by atoms with E-state index in [1.54, 1.807) is 31.3 Å². The van der Waals surface area contributed by atoms with Crippen LogP contribution < -0.4 is 9.47 Å². The maximum absolute atomic E-state index is 15.0. The number of fused-ring (bicyclic) bond motifs is 1. The van der Waals surface area contributed by atoms with Gasteiger partial charge < -0.3 is 19.3 Å². The highest BCUT2D eigenvalue weighted by molar-refractivity contribution is 5.69. The van der Waals surface area contributed by atoms with Crippen molar-refractivity contribution in [3.05, 3.63) is 77.2 Å². The standard InChI is InChI=1S/C31H30FNO5/c1-3-4-21(15-29(34)35)20-5-7-22(8-6-20)38-28-14-11-25-24(10-12-26(32)30(25)28)27-13-9-23(16-33-27)37-19-31(2)17-36-18-31/h5-10,12-13,16,21,28H,11,14-15,17-19H2,1-2H3,(H,34,35)/t21-,28+/m0/s1. The van der Waals surface area contributed by atoms with E-state index in [-0.39, 0.29) is 17.7 Å². The van der Waals surface area contributed by atoms with E-state index in [9.17, 15) is 9.90 Å². The maximum atomic E-state index is 15.0. The lowest BCUT2D eigenvalue weighted by Crippen LogP contribution is -2.44. The first-order valence-electron chi connectivity index (χ1n) is 12.7. The second-order valence-electron chi connectivity index (χ2n) is 10.2. The SMILES string of the molecule is CC#C[C@@H](CC(=O)O)c1ccc(O[C@@H]2CCc3c(-c4ccc(OCC5(C)COC5)cn4)ccc(F)c32)cc1. The fourth-order valence-electron chi connectivity index (χ4n) is 4.99. The molecule has 6 nitrogen and oxygen atoms in total. The minimum Gasteiger partial charge on any atom is -0.491 e. The average Bonchev–Trinajstić information content (AvgIpc) is 3.31. The molecule has 1 aromatic heterocycles. The number of carbonyl (C=O) groups is 1. The molecule has 5 rings (SSSR count). The molecule has 0 amide bonds. The molecule has 0 radical (unpaired) electrons. The van der Waals surface area contributed by atoms with Gasteiger partial charge in [-0.15, -0.1) is 5.92 Å². The van der Waals surface area contributed by atoms with Crippen LogP contribution in [0.1, 0.15) is 55.4 Å². The molecule has 2 atom stereocenters. The number of aromatic nitrogens is 1. The van der Waals surface area contributed by atoms with Crippen LogP contribution in [0.2, 0.25) is 0 Å². The molecule has 3 aromatic rings. The third kappa shape index (κ3) is 5.51. The number of aliphatic carboxylic acids is 1. The summed E-state index contributed by atoms with van der Waals surface area (Å²) < 4.78 is 32.4. The Bertz CT molecular complexity index is 1370. The van der Waals surface area contributed by atoms with Gasteiger partial charge in [0.2, 0.25) is 0 Å². The molecule has 0 saturated carbocycles. The summed E-state index contributed by atoms with van der Waals surface area (Å²) in [6.45, 7) is 5.80. The van der Waals surface area contributed by atoms with Crippen molar-refractivity contribution in [3.8, 4) is 34.6 Å². The monoisotopic (exact) mass is 515 g/mol. The Labute approximate surface area is 221 Å². The van der Waals surface area contributed by atoms with Gasteiger partial charge in [0.05, 0.1) is 44.1 Å². The summed E-state index contributed by atoms with van der Waals surface area (Å²) >= 11 is 0. The van der Waals surface area contributed by atoms with Crippen LogP contribution in [0.15, 0.2) is 54.7 Å². The van der Waals surface area contributed by atoms with Crippen LogP contribution >= 0.6 is 0 Å². The first kappa shape index (κ1) is 25.7. The second kappa shape index (κ2) is 10.8. The van der Waals surface area contributed by atoms with Crippen molar-refractivity contribution in [2.75, 3.05) is 19.8 Å². The first-order valence-corrected chi connectivity index (χ1v) is 12.7.